The average molecular weight is 212 g/mol. The van der Waals surface area contributed by atoms with Crippen LogP contribution in [0.2, 0.25) is 0 Å². The topological polar surface area (TPSA) is 61.4 Å². The highest BCUT2D eigenvalue weighted by atomic mass is 16.4. The molecule has 0 radical (unpaired) electrons. The van der Waals surface area contributed by atoms with E-state index in [1.807, 2.05) is 0 Å². The molecule has 86 valence electrons. The summed E-state index contributed by atoms with van der Waals surface area (Å²) >= 11 is 0. The predicted molar refractivity (Wildman–Crippen MR) is 57.8 cm³/mol. The van der Waals surface area contributed by atoms with E-state index in [1.165, 1.54) is 12.8 Å². The molecule has 0 amide bonds. The molecule has 3 N–H and O–H groups in total. The van der Waals surface area contributed by atoms with Crippen LogP contribution in [0.5, 0.6) is 0 Å². The zero-order chi connectivity index (χ0) is 10.9. The van der Waals surface area contributed by atoms with Crippen LogP contribution in [0.1, 0.15) is 32.6 Å². The Hall–Kier alpha value is -0.610. The summed E-state index contributed by atoms with van der Waals surface area (Å²) in [5.41, 5.74) is -0.691. The molecule has 0 aromatic carbocycles. The van der Waals surface area contributed by atoms with Gasteiger partial charge in [0.1, 0.15) is 5.54 Å². The van der Waals surface area contributed by atoms with Crippen LogP contribution in [-0.2, 0) is 4.79 Å². The molecule has 3 atom stereocenters. The Labute approximate surface area is 90.4 Å². The Morgan fingerprint density at radius 3 is 2.93 bits per heavy atom. The fourth-order valence-electron chi connectivity index (χ4n) is 2.78. The molecule has 2 heterocycles. The molecule has 4 nitrogen and oxygen atoms in total. The highest BCUT2D eigenvalue weighted by Crippen LogP contribution is 2.28. The zero-order valence-corrected chi connectivity index (χ0v) is 9.25. The Balaban J connectivity index is 1.84. The van der Waals surface area contributed by atoms with E-state index in [0.717, 1.165) is 25.9 Å². The molecular weight excluding hydrogens is 192 g/mol. The number of carboxylic acid groups (broad SMARTS) is 1. The highest BCUT2D eigenvalue weighted by molar-refractivity contribution is 5.78. The van der Waals surface area contributed by atoms with Gasteiger partial charge >= 0.3 is 5.97 Å². The van der Waals surface area contributed by atoms with Crippen LogP contribution in [0.25, 0.3) is 0 Å². The number of nitrogens with one attached hydrogen (secondary N) is 2. The molecule has 0 aliphatic carbocycles. The van der Waals surface area contributed by atoms with Gasteiger partial charge in [-0.15, -0.1) is 0 Å². The third kappa shape index (κ3) is 2.32. The summed E-state index contributed by atoms with van der Waals surface area (Å²) in [6.07, 6.45) is 4.40. The minimum atomic E-state index is -0.718. The minimum Gasteiger partial charge on any atom is -0.480 e. The smallest absolute Gasteiger partial charge is 0.323 e. The lowest BCUT2D eigenvalue weighted by molar-refractivity contribution is -0.143. The number of rotatable bonds is 3. The first-order chi connectivity index (χ1) is 7.10. The van der Waals surface area contributed by atoms with Crippen molar-refractivity contribution in [2.24, 2.45) is 5.92 Å². The lowest BCUT2D eigenvalue weighted by atomic mass is 9.90. The van der Waals surface area contributed by atoms with Crippen molar-refractivity contribution >= 4 is 5.97 Å². The van der Waals surface area contributed by atoms with Gasteiger partial charge in [0, 0.05) is 6.04 Å². The monoisotopic (exact) mass is 212 g/mol. The quantitative estimate of drug-likeness (QED) is 0.640. The Kier molecular flexibility index (Phi) is 2.98. The van der Waals surface area contributed by atoms with Gasteiger partial charge in [-0.3, -0.25) is 4.79 Å². The molecule has 0 spiro atoms. The van der Waals surface area contributed by atoms with E-state index >= 15 is 0 Å². The predicted octanol–water partition coefficient (Wildman–Crippen LogP) is 0.581. The van der Waals surface area contributed by atoms with E-state index in [2.05, 4.69) is 10.6 Å². The van der Waals surface area contributed by atoms with Crippen LogP contribution in [0.3, 0.4) is 0 Å². The number of aliphatic carboxylic acids is 1. The van der Waals surface area contributed by atoms with E-state index in [0.29, 0.717) is 12.0 Å². The molecule has 0 saturated carbocycles. The maximum absolute atomic E-state index is 11.0. The van der Waals surface area contributed by atoms with Crippen molar-refractivity contribution in [1.29, 1.82) is 0 Å². The lowest BCUT2D eigenvalue weighted by Gasteiger charge is -2.19. The molecule has 4 heteroatoms. The maximum atomic E-state index is 11.0. The van der Waals surface area contributed by atoms with Crippen LogP contribution in [0.15, 0.2) is 0 Å². The van der Waals surface area contributed by atoms with Crippen molar-refractivity contribution in [3.05, 3.63) is 0 Å². The molecule has 2 rings (SSSR count). The molecule has 2 saturated heterocycles. The Morgan fingerprint density at radius 1 is 1.60 bits per heavy atom. The molecule has 15 heavy (non-hydrogen) atoms. The summed E-state index contributed by atoms with van der Waals surface area (Å²) < 4.78 is 0. The van der Waals surface area contributed by atoms with Crippen molar-refractivity contribution in [2.45, 2.75) is 44.2 Å². The van der Waals surface area contributed by atoms with E-state index in [4.69, 9.17) is 5.11 Å². The zero-order valence-electron chi connectivity index (χ0n) is 9.25. The van der Waals surface area contributed by atoms with Gasteiger partial charge in [-0.1, -0.05) is 0 Å². The average Bonchev–Trinajstić information content (AvgIpc) is 2.77. The second kappa shape index (κ2) is 4.10. The van der Waals surface area contributed by atoms with Crippen molar-refractivity contribution in [3.8, 4) is 0 Å². The van der Waals surface area contributed by atoms with Crippen molar-refractivity contribution < 1.29 is 9.90 Å². The molecule has 0 bridgehead atoms. The van der Waals surface area contributed by atoms with Gasteiger partial charge in [0.05, 0.1) is 0 Å². The minimum absolute atomic E-state index is 0.515. The van der Waals surface area contributed by atoms with E-state index < -0.39 is 11.5 Å². The van der Waals surface area contributed by atoms with Gasteiger partial charge in [0.15, 0.2) is 0 Å². The van der Waals surface area contributed by atoms with E-state index in [9.17, 15) is 4.79 Å². The van der Waals surface area contributed by atoms with Crippen LogP contribution >= 0.6 is 0 Å². The normalized spacial score (nSPS) is 40.9. The summed E-state index contributed by atoms with van der Waals surface area (Å²) in [5.74, 6) is -0.203. The third-order valence-corrected chi connectivity index (χ3v) is 3.73. The number of hydrogen-bond donors (Lipinski definition) is 3. The molecule has 2 fully saturated rings. The third-order valence-electron chi connectivity index (χ3n) is 3.73. The van der Waals surface area contributed by atoms with Gasteiger partial charge in [-0.05, 0) is 51.6 Å². The second-order valence-electron chi connectivity index (χ2n) is 5.12. The standard InChI is InChI=1S/C11H20N2O2/c1-11(10(14)15)6-8(7-13-11)5-9-3-2-4-12-9/h8-9,12-13H,2-7H2,1H3,(H,14,15). The van der Waals surface area contributed by atoms with Gasteiger partial charge < -0.3 is 15.7 Å². The number of hydrogen-bond acceptors (Lipinski definition) is 3. The Bertz CT molecular complexity index is 251. The number of carboxylic acids is 1. The molecule has 2 aliphatic rings. The second-order valence-corrected chi connectivity index (χ2v) is 5.12. The van der Waals surface area contributed by atoms with Gasteiger partial charge in [-0.25, -0.2) is 0 Å². The maximum Gasteiger partial charge on any atom is 0.323 e. The highest BCUT2D eigenvalue weighted by Gasteiger charge is 2.41. The van der Waals surface area contributed by atoms with E-state index in [1.54, 1.807) is 6.92 Å². The summed E-state index contributed by atoms with van der Waals surface area (Å²) in [6, 6.07) is 0.618. The first kappa shape index (κ1) is 10.9. The molecule has 2 aliphatic heterocycles. The fourth-order valence-corrected chi connectivity index (χ4v) is 2.78. The van der Waals surface area contributed by atoms with Crippen LogP contribution < -0.4 is 10.6 Å². The summed E-state index contributed by atoms with van der Waals surface area (Å²) in [5, 5.41) is 15.7. The first-order valence-corrected chi connectivity index (χ1v) is 5.82. The van der Waals surface area contributed by atoms with Crippen molar-refractivity contribution in [1.82, 2.24) is 10.6 Å². The van der Waals surface area contributed by atoms with Gasteiger partial charge in [0.2, 0.25) is 0 Å². The van der Waals surface area contributed by atoms with Gasteiger partial charge in [0.25, 0.3) is 0 Å². The lowest BCUT2D eigenvalue weighted by Crippen LogP contribution is -2.44. The Morgan fingerprint density at radius 2 is 2.40 bits per heavy atom. The van der Waals surface area contributed by atoms with Gasteiger partial charge in [-0.2, -0.15) is 0 Å². The SMILES string of the molecule is CC1(C(=O)O)CC(CC2CCCN2)CN1. The molecule has 3 unspecified atom stereocenters. The first-order valence-electron chi connectivity index (χ1n) is 5.82. The fraction of sp³-hybridized carbons (Fsp3) is 0.909. The van der Waals surface area contributed by atoms with Crippen LogP contribution in [-0.4, -0.2) is 35.7 Å². The summed E-state index contributed by atoms with van der Waals surface area (Å²) in [4.78, 5) is 11.0. The largest absolute Gasteiger partial charge is 0.480 e. The van der Waals surface area contributed by atoms with Crippen LogP contribution in [0, 0.1) is 5.92 Å². The molecule has 0 aromatic rings. The van der Waals surface area contributed by atoms with Crippen LogP contribution in [0.4, 0.5) is 0 Å². The summed E-state index contributed by atoms with van der Waals surface area (Å²) in [6.45, 7) is 3.76. The number of carbonyl (C=O) groups is 1. The summed E-state index contributed by atoms with van der Waals surface area (Å²) in [7, 11) is 0. The molecular formula is C11H20N2O2. The molecule has 0 aromatic heterocycles. The van der Waals surface area contributed by atoms with Crippen molar-refractivity contribution in [2.75, 3.05) is 13.1 Å². The van der Waals surface area contributed by atoms with E-state index in [-0.39, 0.29) is 0 Å². The van der Waals surface area contributed by atoms with Crippen molar-refractivity contribution in [3.63, 3.8) is 0 Å².